The Kier molecular flexibility index (Phi) is 8.52. The maximum atomic E-state index is 12.1. The van der Waals surface area contributed by atoms with Crippen molar-refractivity contribution in [3.8, 4) is 0 Å². The van der Waals surface area contributed by atoms with Gasteiger partial charge < -0.3 is 10.1 Å². The van der Waals surface area contributed by atoms with Crippen LogP contribution in [0.3, 0.4) is 0 Å². The molecule has 0 aliphatic heterocycles. The number of methoxy groups -OCH3 is 1. The lowest BCUT2D eigenvalue weighted by Gasteiger charge is -2.08. The number of hydrogen-bond donors (Lipinski definition) is 2. The van der Waals surface area contributed by atoms with Gasteiger partial charge in [-0.15, -0.1) is 0 Å². The summed E-state index contributed by atoms with van der Waals surface area (Å²) in [5, 5.41) is 3.25. The van der Waals surface area contributed by atoms with Crippen LogP contribution in [0.1, 0.15) is 25.3 Å². The predicted molar refractivity (Wildman–Crippen MR) is 85.0 cm³/mol. The summed E-state index contributed by atoms with van der Waals surface area (Å²) < 4.78 is 31.7. The molecule has 0 aromatic heterocycles. The van der Waals surface area contributed by atoms with Gasteiger partial charge in [0.1, 0.15) is 0 Å². The van der Waals surface area contributed by atoms with Crippen LogP contribution in [0.5, 0.6) is 0 Å². The number of likely N-dealkylation sites (N-methyl/N-ethyl adjacent to an activating group) is 1. The second kappa shape index (κ2) is 9.89. The monoisotopic (exact) mass is 314 g/mol. The van der Waals surface area contributed by atoms with Crippen molar-refractivity contribution < 1.29 is 13.2 Å². The summed E-state index contributed by atoms with van der Waals surface area (Å²) in [4.78, 5) is 0.321. The molecule has 0 aliphatic rings. The first-order chi connectivity index (χ1) is 10.1. The highest BCUT2D eigenvalue weighted by Gasteiger charge is 2.12. The highest BCUT2D eigenvalue weighted by atomic mass is 32.2. The summed E-state index contributed by atoms with van der Waals surface area (Å²) >= 11 is 0. The lowest BCUT2D eigenvalue weighted by atomic mass is 10.1. The molecule has 0 atom stereocenters. The third kappa shape index (κ3) is 7.04. The molecule has 0 bridgehead atoms. The Bertz CT molecular complexity index is 486. The van der Waals surface area contributed by atoms with Gasteiger partial charge >= 0.3 is 0 Å². The second-order valence-corrected chi connectivity index (χ2v) is 6.61. The van der Waals surface area contributed by atoms with Crippen LogP contribution in [0.25, 0.3) is 0 Å². The average molecular weight is 314 g/mol. The normalized spacial score (nSPS) is 11.7. The van der Waals surface area contributed by atoms with E-state index in [1.807, 2.05) is 12.1 Å². The van der Waals surface area contributed by atoms with Gasteiger partial charge in [-0.25, -0.2) is 13.1 Å². The number of unbranched alkanes of at least 4 members (excludes halogenated alkanes) is 1. The van der Waals surface area contributed by atoms with Crippen molar-refractivity contribution in [2.45, 2.75) is 31.1 Å². The van der Waals surface area contributed by atoms with Gasteiger partial charge in [-0.1, -0.05) is 19.1 Å². The van der Waals surface area contributed by atoms with Crippen LogP contribution in [0.4, 0.5) is 0 Å². The maximum Gasteiger partial charge on any atom is 0.240 e. The van der Waals surface area contributed by atoms with Crippen molar-refractivity contribution in [2.75, 3.05) is 33.4 Å². The molecule has 0 amide bonds. The van der Waals surface area contributed by atoms with Crippen molar-refractivity contribution in [1.82, 2.24) is 10.0 Å². The minimum atomic E-state index is -3.40. The second-order valence-electron chi connectivity index (χ2n) is 4.85. The summed E-state index contributed by atoms with van der Waals surface area (Å²) in [7, 11) is -1.76. The fraction of sp³-hybridized carbons (Fsp3) is 0.600. The molecule has 0 spiro atoms. The topological polar surface area (TPSA) is 67.4 Å². The number of ether oxygens (including phenoxy) is 1. The van der Waals surface area contributed by atoms with Gasteiger partial charge in [-0.2, -0.15) is 0 Å². The Labute approximate surface area is 128 Å². The molecule has 120 valence electrons. The van der Waals surface area contributed by atoms with Gasteiger partial charge in [0.2, 0.25) is 10.0 Å². The minimum Gasteiger partial charge on any atom is -0.385 e. The van der Waals surface area contributed by atoms with Gasteiger partial charge in [0.25, 0.3) is 0 Å². The molecular weight excluding hydrogens is 288 g/mol. The third-order valence-corrected chi connectivity index (χ3v) is 4.62. The molecular formula is C15H26N2O3S. The molecule has 0 saturated heterocycles. The van der Waals surface area contributed by atoms with Gasteiger partial charge in [0.05, 0.1) is 4.90 Å². The first-order valence-electron chi connectivity index (χ1n) is 7.38. The smallest absolute Gasteiger partial charge is 0.240 e. The van der Waals surface area contributed by atoms with Crippen molar-refractivity contribution in [3.63, 3.8) is 0 Å². The Morgan fingerprint density at radius 3 is 2.43 bits per heavy atom. The summed E-state index contributed by atoms with van der Waals surface area (Å²) in [6, 6.07) is 7.07. The molecule has 0 unspecified atom stereocenters. The molecule has 0 heterocycles. The van der Waals surface area contributed by atoms with Crippen molar-refractivity contribution in [1.29, 1.82) is 0 Å². The quantitative estimate of drug-likeness (QED) is 0.608. The molecule has 2 N–H and O–H groups in total. The number of benzene rings is 1. The van der Waals surface area contributed by atoms with E-state index in [2.05, 4.69) is 17.0 Å². The zero-order chi connectivity index (χ0) is 15.6. The number of sulfonamides is 1. The minimum absolute atomic E-state index is 0.321. The van der Waals surface area contributed by atoms with Gasteiger partial charge in [-0.3, -0.25) is 0 Å². The molecule has 0 aliphatic carbocycles. The number of rotatable bonds is 11. The van der Waals surface area contributed by atoms with Gasteiger partial charge in [-0.05, 0) is 50.0 Å². The lowest BCUT2D eigenvalue weighted by Crippen LogP contribution is -2.25. The first-order valence-corrected chi connectivity index (χ1v) is 8.86. The highest BCUT2D eigenvalue weighted by Crippen LogP contribution is 2.11. The third-order valence-electron chi connectivity index (χ3n) is 3.14. The molecule has 21 heavy (non-hydrogen) atoms. The van der Waals surface area contributed by atoms with Gasteiger partial charge in [0.15, 0.2) is 0 Å². The molecule has 5 nitrogen and oxygen atoms in total. The summed E-state index contributed by atoms with van der Waals surface area (Å²) in [6.45, 7) is 5.00. The van der Waals surface area contributed by atoms with E-state index in [-0.39, 0.29) is 0 Å². The van der Waals surface area contributed by atoms with Gasteiger partial charge in [0, 0.05) is 20.3 Å². The molecule has 0 fully saturated rings. The van der Waals surface area contributed by atoms with E-state index in [1.54, 1.807) is 19.2 Å². The van der Waals surface area contributed by atoms with E-state index in [9.17, 15) is 8.42 Å². The lowest BCUT2D eigenvalue weighted by molar-refractivity contribution is 0.193. The van der Waals surface area contributed by atoms with E-state index in [0.29, 0.717) is 18.0 Å². The zero-order valence-corrected chi connectivity index (χ0v) is 13.7. The van der Waals surface area contributed by atoms with Crippen molar-refractivity contribution >= 4 is 10.0 Å². The maximum absolute atomic E-state index is 12.1. The molecule has 1 aromatic carbocycles. The fourth-order valence-corrected chi connectivity index (χ4v) is 2.98. The largest absolute Gasteiger partial charge is 0.385 e. The van der Waals surface area contributed by atoms with Crippen LogP contribution in [-0.2, 0) is 21.2 Å². The Morgan fingerprint density at radius 2 is 1.81 bits per heavy atom. The van der Waals surface area contributed by atoms with Crippen LogP contribution in [0.2, 0.25) is 0 Å². The first kappa shape index (κ1) is 18.1. The van der Waals surface area contributed by atoms with Crippen LogP contribution in [-0.4, -0.2) is 41.8 Å². The summed E-state index contributed by atoms with van der Waals surface area (Å²) in [6.07, 6.45) is 2.52. The summed E-state index contributed by atoms with van der Waals surface area (Å²) in [5.41, 5.74) is 1.13. The van der Waals surface area contributed by atoms with Crippen LogP contribution < -0.4 is 10.0 Å². The van der Waals surface area contributed by atoms with E-state index >= 15 is 0 Å². The number of hydrogen-bond acceptors (Lipinski definition) is 4. The highest BCUT2D eigenvalue weighted by molar-refractivity contribution is 7.89. The van der Waals surface area contributed by atoms with E-state index < -0.39 is 10.0 Å². The standard InChI is InChI=1S/C15H26N2O3S/c1-3-16-12-10-14-6-8-15(9-7-14)21(18,19)17-11-4-5-13-20-2/h6-9,16-17H,3-5,10-13H2,1-2H3. The predicted octanol–water partition coefficient (Wildman–Crippen LogP) is 1.54. The van der Waals surface area contributed by atoms with Crippen LogP contribution in [0, 0.1) is 0 Å². The molecule has 6 heteroatoms. The number of nitrogens with one attached hydrogen (secondary N) is 2. The van der Waals surface area contributed by atoms with E-state index in [4.69, 9.17) is 4.74 Å². The molecule has 1 rings (SSSR count). The Balaban J connectivity index is 2.47. The van der Waals surface area contributed by atoms with Crippen LogP contribution in [0.15, 0.2) is 29.2 Å². The zero-order valence-electron chi connectivity index (χ0n) is 12.9. The Hall–Kier alpha value is -0.950. The molecule has 0 saturated carbocycles. The Morgan fingerprint density at radius 1 is 1.10 bits per heavy atom. The van der Waals surface area contributed by atoms with E-state index in [0.717, 1.165) is 37.9 Å². The fourth-order valence-electron chi connectivity index (χ4n) is 1.91. The SMILES string of the molecule is CCNCCc1ccc(S(=O)(=O)NCCCCOC)cc1. The average Bonchev–Trinajstić information content (AvgIpc) is 2.48. The van der Waals surface area contributed by atoms with Crippen molar-refractivity contribution in [2.24, 2.45) is 0 Å². The van der Waals surface area contributed by atoms with E-state index in [1.165, 1.54) is 0 Å². The molecule has 1 aromatic rings. The van der Waals surface area contributed by atoms with Crippen LogP contribution >= 0.6 is 0 Å². The summed E-state index contributed by atoms with van der Waals surface area (Å²) in [5.74, 6) is 0. The van der Waals surface area contributed by atoms with Crippen molar-refractivity contribution in [3.05, 3.63) is 29.8 Å². The molecule has 0 radical (unpaired) electrons.